The predicted molar refractivity (Wildman–Crippen MR) is 421 cm³/mol. The molecule has 0 aliphatic carbocycles. The van der Waals surface area contributed by atoms with Crippen LogP contribution >= 0.6 is 11.3 Å². The first-order valence-corrected chi connectivity index (χ1v) is 34.9. The van der Waals surface area contributed by atoms with E-state index in [-0.39, 0.29) is 0 Å². The highest BCUT2D eigenvalue weighted by Gasteiger charge is 2.21. The lowest BCUT2D eigenvalue weighted by Gasteiger charge is -2.11. The average Bonchev–Trinajstić information content (AvgIpc) is 1.62. The zero-order chi connectivity index (χ0) is 66.5. The van der Waals surface area contributed by atoms with Crippen molar-refractivity contribution in [2.75, 3.05) is 0 Å². The van der Waals surface area contributed by atoms with Crippen LogP contribution in [0.3, 0.4) is 0 Å². The second-order valence-corrected chi connectivity index (χ2v) is 26.8. The predicted octanol–water partition coefficient (Wildman–Crippen LogP) is 24.0. The van der Waals surface area contributed by atoms with Crippen molar-refractivity contribution in [2.45, 2.75) is 0 Å². The molecule has 0 spiro atoms. The lowest BCUT2D eigenvalue weighted by molar-refractivity contribution is 0.991. The van der Waals surface area contributed by atoms with Crippen molar-refractivity contribution in [3.63, 3.8) is 0 Å². The summed E-state index contributed by atoms with van der Waals surface area (Å²) in [6.07, 6.45) is 3.74. The minimum Gasteiger partial charge on any atom is -0.309 e. The van der Waals surface area contributed by atoms with Gasteiger partial charge in [0, 0.05) is 98.2 Å². The zero-order valence-electron chi connectivity index (χ0n) is 54.5. The maximum Gasteiger partial charge on any atom is 0.235 e. The maximum absolute atomic E-state index is 5.22. The molecule has 0 radical (unpaired) electrons. The number of rotatable bonds is 9. The van der Waals surface area contributed by atoms with Crippen molar-refractivity contribution in [1.29, 1.82) is 0 Å². The van der Waals surface area contributed by atoms with Crippen molar-refractivity contribution < 1.29 is 0 Å². The molecule has 472 valence electrons. The van der Waals surface area contributed by atoms with E-state index in [1.165, 1.54) is 119 Å². The van der Waals surface area contributed by atoms with Crippen LogP contribution in [0, 0.1) is 0 Å². The quantitative estimate of drug-likeness (QED) is 0.144. The van der Waals surface area contributed by atoms with E-state index in [1.54, 1.807) is 0 Å². The Hall–Kier alpha value is -13.3. The number of thiophene rings is 1. The van der Waals surface area contributed by atoms with Gasteiger partial charge in [0.05, 0.1) is 55.5 Å². The third kappa shape index (κ3) is 9.65. The molecule has 21 rings (SSSR count). The molecule has 0 N–H and O–H groups in total. The van der Waals surface area contributed by atoms with E-state index in [1.807, 2.05) is 41.9 Å². The van der Waals surface area contributed by atoms with Crippen LogP contribution in [0.1, 0.15) is 0 Å². The summed E-state index contributed by atoms with van der Waals surface area (Å²) in [4.78, 5) is 20.0. The van der Waals surface area contributed by atoms with E-state index in [2.05, 4.69) is 340 Å². The number of hydrogen-bond donors (Lipinski definition) is 0. The Balaban J connectivity index is 0.000000136. The van der Waals surface area contributed by atoms with E-state index < -0.39 is 0 Å². The Morgan fingerprint density at radius 2 is 0.584 bits per heavy atom. The summed E-state index contributed by atoms with van der Waals surface area (Å²) in [7, 11) is 0. The molecular formula is C92H58N8S. The van der Waals surface area contributed by atoms with Crippen LogP contribution in [0.4, 0.5) is 0 Å². The van der Waals surface area contributed by atoms with Gasteiger partial charge >= 0.3 is 0 Å². The summed E-state index contributed by atoms with van der Waals surface area (Å²) >= 11 is 1.87. The van der Waals surface area contributed by atoms with Gasteiger partial charge in [0.1, 0.15) is 0 Å². The van der Waals surface area contributed by atoms with Gasteiger partial charge in [0.15, 0.2) is 0 Å². The molecule has 0 aliphatic heterocycles. The van der Waals surface area contributed by atoms with Crippen LogP contribution in [-0.4, -0.2) is 38.2 Å². The SMILES string of the molecule is c1cc(-c2ccnc(-n3c4ccccc4c4cc(-c5cccc6c5sc5ccccc56)ccc43)n2)cc(-n2c3ccccc3c3ccccc32)c1.c1ccc(-c2ccc(-c3ccnc(-n4c5ccccc5c5cc(-c6ccc7c(c6)c6ccccc6n7-c6ccccc6)ccc54)n3)cc2)cc1. The average molecular weight is 1310 g/mol. The van der Waals surface area contributed by atoms with Gasteiger partial charge in [0.25, 0.3) is 0 Å². The molecule has 8 nitrogen and oxygen atoms in total. The number of fused-ring (bicyclic) bond motifs is 15. The van der Waals surface area contributed by atoms with Crippen LogP contribution in [0.5, 0.6) is 0 Å². The molecule has 0 unspecified atom stereocenters. The standard InChI is InChI=1S/C46H28N4S.C46H30N4/c1-5-19-40-33(13-1)34-14-2-6-20-41(34)49(40)31-12-9-11-30(27-31)39-25-26-47-46(48-39)50-42-21-7-3-15-35(42)38-28-29(23-24-43(38)50)32-17-10-18-37-36-16-4-8-22-44(36)51-45(32)37;1-3-11-31(12-4-1)32-19-21-33(22-20-32)41-27-28-47-46(48-41)50-43-18-10-8-16-38(43)40-30-35(24-26-45(40)50)34-23-25-44-39(29-34)37-15-7-9-17-42(37)49(44)36-13-5-2-6-14-36/h1-28H;1-30H. The maximum atomic E-state index is 5.22. The molecular weight excluding hydrogens is 1250 g/mol. The van der Waals surface area contributed by atoms with Crippen molar-refractivity contribution in [2.24, 2.45) is 0 Å². The first kappa shape index (κ1) is 57.9. The van der Waals surface area contributed by atoms with Crippen LogP contribution in [0.25, 0.3) is 187 Å². The van der Waals surface area contributed by atoms with Crippen LogP contribution in [-0.2, 0) is 0 Å². The molecule has 14 aromatic carbocycles. The van der Waals surface area contributed by atoms with Crippen molar-refractivity contribution >= 4 is 119 Å². The number of hydrogen-bond acceptors (Lipinski definition) is 5. The summed E-state index contributed by atoms with van der Waals surface area (Å²) in [5.74, 6) is 1.31. The zero-order valence-corrected chi connectivity index (χ0v) is 55.3. The Labute approximate surface area is 584 Å². The van der Waals surface area contributed by atoms with Crippen molar-refractivity contribution in [3.8, 4) is 79.2 Å². The number of benzene rings is 14. The number of para-hydroxylation sites is 6. The molecule has 0 saturated heterocycles. The van der Waals surface area contributed by atoms with E-state index in [0.29, 0.717) is 11.9 Å². The minimum absolute atomic E-state index is 0.653. The van der Waals surface area contributed by atoms with Crippen molar-refractivity contribution in [1.82, 2.24) is 38.2 Å². The summed E-state index contributed by atoms with van der Waals surface area (Å²) in [5.41, 5.74) is 22.4. The van der Waals surface area contributed by atoms with E-state index in [4.69, 9.17) is 19.9 Å². The third-order valence-electron chi connectivity index (χ3n) is 20.0. The second-order valence-electron chi connectivity index (χ2n) is 25.7. The van der Waals surface area contributed by atoms with Gasteiger partial charge in [-0.15, -0.1) is 11.3 Å². The van der Waals surface area contributed by atoms with Gasteiger partial charge in [-0.05, 0) is 143 Å². The fraction of sp³-hybridized carbons (Fsp3) is 0. The van der Waals surface area contributed by atoms with Gasteiger partial charge in [0.2, 0.25) is 11.9 Å². The Bertz CT molecular complexity index is 6780. The van der Waals surface area contributed by atoms with Gasteiger partial charge in [-0.1, -0.05) is 231 Å². The highest BCUT2D eigenvalue weighted by Crippen LogP contribution is 2.44. The summed E-state index contributed by atoms with van der Waals surface area (Å²) < 4.78 is 11.7. The molecule has 0 aliphatic rings. The molecule has 101 heavy (non-hydrogen) atoms. The fourth-order valence-corrected chi connectivity index (χ4v) is 16.6. The molecule has 7 aromatic heterocycles. The number of aromatic nitrogens is 8. The molecule has 7 heterocycles. The first-order valence-electron chi connectivity index (χ1n) is 34.1. The van der Waals surface area contributed by atoms with Gasteiger partial charge in [-0.25, -0.2) is 19.9 Å². The highest BCUT2D eigenvalue weighted by atomic mass is 32.1. The van der Waals surface area contributed by atoms with E-state index >= 15 is 0 Å². The number of nitrogens with zero attached hydrogens (tertiary/aromatic N) is 8. The lowest BCUT2D eigenvalue weighted by Crippen LogP contribution is -2.02. The molecule has 0 fully saturated rings. The minimum atomic E-state index is 0.653. The van der Waals surface area contributed by atoms with E-state index in [0.717, 1.165) is 56.0 Å². The first-order chi connectivity index (χ1) is 50.1. The Morgan fingerprint density at radius 3 is 1.15 bits per heavy atom. The molecule has 21 aromatic rings. The van der Waals surface area contributed by atoms with Crippen LogP contribution < -0.4 is 0 Å². The van der Waals surface area contributed by atoms with Gasteiger partial charge in [-0.2, -0.15) is 0 Å². The van der Waals surface area contributed by atoms with Crippen LogP contribution in [0.2, 0.25) is 0 Å². The highest BCUT2D eigenvalue weighted by molar-refractivity contribution is 7.26. The normalized spacial score (nSPS) is 11.8. The summed E-state index contributed by atoms with van der Waals surface area (Å²) in [6, 6.07) is 121. The summed E-state index contributed by atoms with van der Waals surface area (Å²) in [6.45, 7) is 0. The largest absolute Gasteiger partial charge is 0.309 e. The molecule has 0 atom stereocenters. The lowest BCUT2D eigenvalue weighted by atomic mass is 10.0. The fourth-order valence-electron chi connectivity index (χ4n) is 15.4. The Morgan fingerprint density at radius 1 is 0.218 bits per heavy atom. The van der Waals surface area contributed by atoms with Gasteiger partial charge < -0.3 is 9.13 Å². The molecule has 0 bridgehead atoms. The Kier molecular flexibility index (Phi) is 13.6. The summed E-state index contributed by atoms with van der Waals surface area (Å²) in [5, 5.41) is 12.3. The van der Waals surface area contributed by atoms with E-state index in [9.17, 15) is 0 Å². The van der Waals surface area contributed by atoms with Gasteiger partial charge in [-0.3, -0.25) is 9.13 Å². The molecule has 0 amide bonds. The van der Waals surface area contributed by atoms with Crippen molar-refractivity contribution in [3.05, 3.63) is 352 Å². The topological polar surface area (TPSA) is 71.3 Å². The smallest absolute Gasteiger partial charge is 0.235 e. The molecule has 0 saturated carbocycles. The second kappa shape index (κ2) is 23.7. The monoisotopic (exact) mass is 1310 g/mol. The van der Waals surface area contributed by atoms with Crippen LogP contribution in [0.15, 0.2) is 352 Å². The molecule has 9 heteroatoms. The third-order valence-corrected chi connectivity index (χ3v) is 21.3.